The van der Waals surface area contributed by atoms with E-state index < -0.39 is 176 Å². The summed E-state index contributed by atoms with van der Waals surface area (Å²) in [6.45, 7) is 0. The molecule has 580 valence electrons. The number of phenolic OH excluding ortho intramolecular Hbond substituents is 2. The number of aromatic hydroxyl groups is 2. The molecule has 50 heteroatoms. The zero-order valence-electron chi connectivity index (χ0n) is 55.4. The first kappa shape index (κ1) is 80.4. The molecule has 0 amide bonds. The highest BCUT2D eigenvalue weighted by atomic mass is 35.5. The Bertz CT molecular complexity index is 6950. The molecule has 2 heterocycles. The van der Waals surface area contributed by atoms with Gasteiger partial charge in [-0.15, -0.1) is 20.5 Å². The predicted molar refractivity (Wildman–Crippen MR) is 397 cm³/mol. The van der Waals surface area contributed by atoms with E-state index >= 15 is 0 Å². The number of fused-ring (bicyclic) bond motifs is 4. The standard InChI is InChI=1S/C62H44Cl2N14O26S8/c1-77(35-15-17-37-31(23-35)25-49(109(93,94)95)51(53(37)79)75-73-43-21-19-39-41(55(43)111(99,100)101)5-3-7-45(39)105(81,82)83)61-69-57(63)67-59(71-61)65-33-13-11-29(47(27-33)107(87,88)89)9-10-30-12-14-34(28-48(30)108(90,91)92)66-60-68-58(64)70-62(72-60)78(2)36-16-18-38-32(24-36)26-50(110(96,97)98)52(54(38)80)76-74-44-22-20-40-42(56(44)112(102,103)104)6-4-8-46(40)106(84,85)86/h3-28,79-80H,1-2H3,(H,81,82,83)(H,84,85,86)(H,87,88,89)(H,90,91,92)(H,93,94,95)(H,96,97,98)(H,99,100,101)(H,102,103,104)(H,65,67,69,71)(H,66,68,70,72). The first-order valence-corrected chi connectivity index (χ1v) is 42.5. The molecule has 0 saturated heterocycles. The van der Waals surface area contributed by atoms with Crippen LogP contribution in [0.4, 0.5) is 57.4 Å². The van der Waals surface area contributed by atoms with Crippen LogP contribution in [0.1, 0.15) is 11.1 Å². The maximum atomic E-state index is 13.0. The number of benzene rings is 10. The Kier molecular flexibility index (Phi) is 20.9. The smallest absolute Gasteiger partial charge is 0.297 e. The minimum absolute atomic E-state index is 0.0980. The fourth-order valence-corrected chi connectivity index (χ4v) is 17.4. The summed E-state index contributed by atoms with van der Waals surface area (Å²) in [5.41, 5.74) is -4.69. The third-order valence-electron chi connectivity index (χ3n) is 16.2. The van der Waals surface area contributed by atoms with Gasteiger partial charge in [-0.1, -0.05) is 60.7 Å². The summed E-state index contributed by atoms with van der Waals surface area (Å²) in [4.78, 5) is 25.7. The van der Waals surface area contributed by atoms with Crippen molar-refractivity contribution >= 4 is 217 Å². The Hall–Kier alpha value is -11.1. The summed E-state index contributed by atoms with van der Waals surface area (Å²) in [5.74, 6) is -2.17. The van der Waals surface area contributed by atoms with Crippen LogP contribution in [0, 0.1) is 0 Å². The first-order chi connectivity index (χ1) is 52.0. The van der Waals surface area contributed by atoms with E-state index in [0.717, 1.165) is 109 Å². The fourth-order valence-electron chi connectivity index (χ4n) is 11.3. The average Bonchev–Trinajstić information content (AvgIpc) is 0.699. The topological polar surface area (TPSA) is 639 Å². The summed E-state index contributed by atoms with van der Waals surface area (Å²) in [5, 5.41) is 34.8. The molecule has 12 rings (SSSR count). The molecule has 0 unspecified atom stereocenters. The van der Waals surface area contributed by atoms with Gasteiger partial charge < -0.3 is 20.0 Å². The van der Waals surface area contributed by atoms with E-state index in [0.29, 0.717) is 0 Å². The van der Waals surface area contributed by atoms with E-state index in [2.05, 4.69) is 60.3 Å². The van der Waals surface area contributed by atoms with Crippen molar-refractivity contribution in [3.63, 3.8) is 0 Å². The summed E-state index contributed by atoms with van der Waals surface area (Å²) in [6.07, 6.45) is 2.11. The molecule has 10 aromatic carbocycles. The van der Waals surface area contributed by atoms with Gasteiger partial charge in [-0.25, -0.2) is 9.98 Å². The van der Waals surface area contributed by atoms with Gasteiger partial charge >= 0.3 is 0 Å². The second kappa shape index (κ2) is 29.2. The number of anilines is 4. The van der Waals surface area contributed by atoms with Gasteiger partial charge in [0.15, 0.2) is 11.5 Å². The Morgan fingerprint density at radius 1 is 0.357 bits per heavy atom. The van der Waals surface area contributed by atoms with E-state index in [1.165, 1.54) is 72.4 Å². The zero-order chi connectivity index (χ0) is 81.7. The van der Waals surface area contributed by atoms with Crippen LogP contribution < -0.4 is 21.0 Å². The van der Waals surface area contributed by atoms with Crippen molar-refractivity contribution in [1.82, 2.24) is 29.9 Å². The molecule has 0 bridgehead atoms. The minimum Gasteiger partial charge on any atom is -0.505 e. The van der Waals surface area contributed by atoms with Crippen molar-refractivity contribution in [1.29, 1.82) is 0 Å². The number of phenols is 2. The van der Waals surface area contributed by atoms with Gasteiger partial charge in [0, 0.05) is 57.8 Å². The Morgan fingerprint density at radius 3 is 1.03 bits per heavy atom. The Morgan fingerprint density at radius 2 is 0.696 bits per heavy atom. The maximum absolute atomic E-state index is 13.0. The number of halogens is 2. The van der Waals surface area contributed by atoms with E-state index in [9.17, 15) is 114 Å². The Labute approximate surface area is 639 Å². The lowest BCUT2D eigenvalue weighted by atomic mass is 10.1. The van der Waals surface area contributed by atoms with E-state index in [4.69, 9.17) is 23.2 Å². The first-order valence-electron chi connectivity index (χ1n) is 30.2. The van der Waals surface area contributed by atoms with Crippen molar-refractivity contribution in [2.24, 2.45) is 30.4 Å². The number of hydrogen-bond acceptors (Lipinski definition) is 30. The molecule has 2 aromatic heterocycles. The van der Waals surface area contributed by atoms with Crippen LogP contribution in [0.15, 0.2) is 215 Å². The van der Waals surface area contributed by atoms with Gasteiger partial charge in [0.2, 0.25) is 33.7 Å². The summed E-state index contributed by atoms with van der Waals surface area (Å²) in [7, 11) is -38.7. The lowest BCUT2D eigenvalue weighted by Gasteiger charge is -2.19. The normalized spacial score (nSPS) is 13.5. The molecule has 12 aromatic rings. The number of hydrogen-bond donors (Lipinski definition) is 12. The molecular formula is C62H44Cl2N14O26S8. The third kappa shape index (κ3) is 16.7. The van der Waals surface area contributed by atoms with Crippen LogP contribution in [-0.4, -0.2) is 158 Å². The lowest BCUT2D eigenvalue weighted by Crippen LogP contribution is -2.21. The van der Waals surface area contributed by atoms with Crippen molar-refractivity contribution < 1.29 is 114 Å². The minimum atomic E-state index is -5.33. The highest BCUT2D eigenvalue weighted by Crippen LogP contribution is 2.47. The van der Waals surface area contributed by atoms with E-state index in [1.54, 1.807) is 0 Å². The molecule has 0 aliphatic carbocycles. The summed E-state index contributed by atoms with van der Waals surface area (Å²) >= 11 is 12.7. The highest BCUT2D eigenvalue weighted by molar-refractivity contribution is 7.88. The fraction of sp³-hybridized carbons (Fsp3) is 0.0323. The van der Waals surface area contributed by atoms with Crippen LogP contribution in [0.25, 0.3) is 55.2 Å². The molecule has 40 nitrogen and oxygen atoms in total. The molecule has 0 radical (unpaired) electrons. The number of nitrogens with one attached hydrogen (secondary N) is 2. The number of azo groups is 2. The highest BCUT2D eigenvalue weighted by Gasteiger charge is 2.30. The van der Waals surface area contributed by atoms with E-state index in [-0.39, 0.29) is 89.3 Å². The number of aromatic nitrogens is 6. The van der Waals surface area contributed by atoms with Gasteiger partial charge in [0.25, 0.3) is 80.9 Å². The zero-order valence-corrected chi connectivity index (χ0v) is 63.4. The van der Waals surface area contributed by atoms with Crippen molar-refractivity contribution in [2.45, 2.75) is 39.2 Å². The average molecular weight is 1730 g/mol. The summed E-state index contributed by atoms with van der Waals surface area (Å²) in [6, 6.07) is 25.8. The summed E-state index contributed by atoms with van der Waals surface area (Å²) < 4.78 is 284. The van der Waals surface area contributed by atoms with Crippen LogP contribution in [0.2, 0.25) is 10.6 Å². The molecule has 112 heavy (non-hydrogen) atoms. The molecule has 0 spiro atoms. The second-order valence-corrected chi connectivity index (χ2v) is 35.1. The van der Waals surface area contributed by atoms with Crippen molar-refractivity contribution in [3.8, 4) is 11.5 Å². The van der Waals surface area contributed by atoms with Crippen molar-refractivity contribution in [2.75, 3.05) is 23.9 Å². The Balaban J connectivity index is 0.804. The van der Waals surface area contributed by atoms with Gasteiger partial charge in [0.1, 0.15) is 61.9 Å². The predicted octanol–water partition coefficient (Wildman–Crippen LogP) is 10.2. The SMILES string of the molecule is CN(c1ccc2c(O)c(N=Nc3ccc4c(S(=O)(=O)O)cccc4c3S(=O)(=O)O)c(S(=O)(=O)O)cc2c1)c1nc(Cl)nc(=Nc2ccc(C=Cc3ccc(N=c4nc(Cl)nc(N(C)c5ccc6c(O)c(N=Nc7ccc8c(S(=O)(=O)O)cccc8c7S(=O)(=O)O)c(S(=O)(=O)O)cc6c5)[nH]4)cc3S(=O)(=O)O)c(S(=O)(=O)O)c2)[nH]1. The molecule has 0 aliphatic heterocycles. The molecule has 0 aliphatic rings. The molecule has 0 saturated carbocycles. The van der Waals surface area contributed by atoms with Gasteiger partial charge in [-0.3, -0.25) is 46.4 Å². The van der Waals surface area contributed by atoms with Crippen LogP contribution >= 0.6 is 23.2 Å². The monoisotopic (exact) mass is 1730 g/mol. The largest absolute Gasteiger partial charge is 0.505 e. The lowest BCUT2D eigenvalue weighted by molar-refractivity contribution is 0.471. The van der Waals surface area contributed by atoms with Crippen LogP contribution in [0.3, 0.4) is 0 Å². The van der Waals surface area contributed by atoms with Gasteiger partial charge in [-0.05, 0) is 142 Å². The third-order valence-corrected chi connectivity index (χ3v) is 23.8. The maximum Gasteiger partial charge on any atom is 0.297 e. The van der Waals surface area contributed by atoms with Gasteiger partial charge in [-0.2, -0.15) is 87.3 Å². The number of rotatable bonds is 20. The number of nitrogens with zero attached hydrogens (tertiary/aromatic N) is 12. The molecule has 0 atom stereocenters. The van der Waals surface area contributed by atoms with Crippen LogP contribution in [-0.2, 0) is 80.9 Å². The van der Waals surface area contributed by atoms with Crippen LogP contribution in [0.5, 0.6) is 11.5 Å². The van der Waals surface area contributed by atoms with Gasteiger partial charge in [0.05, 0.1) is 11.4 Å². The molecule has 12 N–H and O–H groups in total. The van der Waals surface area contributed by atoms with Crippen molar-refractivity contribution in [3.05, 3.63) is 179 Å². The number of aromatic amines is 2. The quantitative estimate of drug-likeness (QED) is 0.0192. The van der Waals surface area contributed by atoms with E-state index in [1.807, 2.05) is 0 Å². The second-order valence-electron chi connectivity index (χ2n) is 23.3. The number of H-pyrrole nitrogens is 2. The molecule has 0 fully saturated rings. The molecular weight excluding hydrogens is 1680 g/mol.